The maximum Gasteiger partial charge on any atom is 0.305 e. The highest BCUT2D eigenvalue weighted by molar-refractivity contribution is 6.31. The SMILES string of the molecule is COC(=O)CCC(=O)c1cc(Cl)ccc1OC(C)C. The Hall–Kier alpha value is -1.55. The Morgan fingerprint density at radius 1 is 1.26 bits per heavy atom. The molecule has 0 bridgehead atoms. The Kier molecular flexibility index (Phi) is 5.83. The van der Waals surface area contributed by atoms with Gasteiger partial charge in [0.1, 0.15) is 5.75 Å². The molecule has 0 saturated carbocycles. The number of ether oxygens (including phenoxy) is 2. The van der Waals surface area contributed by atoms with E-state index in [2.05, 4.69) is 4.74 Å². The molecule has 1 aromatic rings. The highest BCUT2D eigenvalue weighted by atomic mass is 35.5. The van der Waals surface area contributed by atoms with Gasteiger partial charge in [0, 0.05) is 11.4 Å². The van der Waals surface area contributed by atoms with Crippen molar-refractivity contribution < 1.29 is 19.1 Å². The first-order chi connectivity index (χ1) is 8.93. The Morgan fingerprint density at radius 2 is 1.95 bits per heavy atom. The van der Waals surface area contributed by atoms with Gasteiger partial charge in [-0.3, -0.25) is 9.59 Å². The summed E-state index contributed by atoms with van der Waals surface area (Å²) in [6.07, 6.45) is 0.0677. The number of ketones is 1. The van der Waals surface area contributed by atoms with E-state index < -0.39 is 5.97 Å². The summed E-state index contributed by atoms with van der Waals surface area (Å²) in [5.74, 6) is -0.125. The molecule has 0 unspecified atom stereocenters. The third kappa shape index (κ3) is 4.91. The van der Waals surface area contributed by atoms with E-state index in [-0.39, 0.29) is 24.7 Å². The van der Waals surface area contributed by atoms with Crippen LogP contribution in [0.25, 0.3) is 0 Å². The maximum absolute atomic E-state index is 12.1. The monoisotopic (exact) mass is 284 g/mol. The van der Waals surface area contributed by atoms with Gasteiger partial charge in [-0.25, -0.2) is 0 Å². The average molecular weight is 285 g/mol. The van der Waals surface area contributed by atoms with E-state index >= 15 is 0 Å². The van der Waals surface area contributed by atoms with E-state index in [1.54, 1.807) is 18.2 Å². The first-order valence-corrected chi connectivity index (χ1v) is 6.38. The second-order valence-corrected chi connectivity index (χ2v) is 4.74. The summed E-state index contributed by atoms with van der Waals surface area (Å²) in [7, 11) is 1.29. The number of methoxy groups -OCH3 is 1. The zero-order valence-corrected chi connectivity index (χ0v) is 12.0. The van der Waals surface area contributed by atoms with Crippen LogP contribution in [0.1, 0.15) is 37.0 Å². The smallest absolute Gasteiger partial charge is 0.305 e. The molecule has 104 valence electrons. The molecule has 0 fully saturated rings. The first kappa shape index (κ1) is 15.5. The van der Waals surface area contributed by atoms with Crippen molar-refractivity contribution in [1.82, 2.24) is 0 Å². The third-order valence-corrected chi connectivity index (χ3v) is 2.62. The normalized spacial score (nSPS) is 10.4. The van der Waals surface area contributed by atoms with E-state index in [9.17, 15) is 9.59 Å². The van der Waals surface area contributed by atoms with Crippen LogP contribution < -0.4 is 4.74 Å². The van der Waals surface area contributed by atoms with Crippen LogP contribution >= 0.6 is 11.6 Å². The minimum Gasteiger partial charge on any atom is -0.490 e. The van der Waals surface area contributed by atoms with Crippen molar-refractivity contribution in [2.75, 3.05) is 7.11 Å². The summed E-state index contributed by atoms with van der Waals surface area (Å²) in [6.45, 7) is 3.74. The lowest BCUT2D eigenvalue weighted by Gasteiger charge is -2.13. The number of halogens is 1. The molecule has 0 aliphatic carbocycles. The molecule has 0 N–H and O–H groups in total. The zero-order chi connectivity index (χ0) is 14.4. The van der Waals surface area contributed by atoms with E-state index in [0.717, 1.165) is 0 Å². The van der Waals surface area contributed by atoms with Gasteiger partial charge in [0.05, 0.1) is 25.2 Å². The van der Waals surface area contributed by atoms with Crippen molar-refractivity contribution in [3.8, 4) is 5.75 Å². The van der Waals surface area contributed by atoms with Crippen molar-refractivity contribution in [1.29, 1.82) is 0 Å². The average Bonchev–Trinajstić information content (AvgIpc) is 2.37. The van der Waals surface area contributed by atoms with E-state index in [4.69, 9.17) is 16.3 Å². The summed E-state index contributed by atoms with van der Waals surface area (Å²) in [6, 6.07) is 4.88. The molecular formula is C14H17ClO4. The first-order valence-electron chi connectivity index (χ1n) is 6.00. The molecule has 0 radical (unpaired) electrons. The van der Waals surface area contributed by atoms with Crippen molar-refractivity contribution in [3.63, 3.8) is 0 Å². The summed E-state index contributed by atoms with van der Waals surface area (Å²) in [4.78, 5) is 23.1. The van der Waals surface area contributed by atoms with Crippen LogP contribution in [0.5, 0.6) is 5.75 Å². The molecule has 0 saturated heterocycles. The second kappa shape index (κ2) is 7.14. The van der Waals surface area contributed by atoms with Gasteiger partial charge in [0.15, 0.2) is 5.78 Å². The molecule has 0 aliphatic heterocycles. The highest BCUT2D eigenvalue weighted by Gasteiger charge is 2.16. The number of esters is 1. The topological polar surface area (TPSA) is 52.6 Å². The second-order valence-electron chi connectivity index (χ2n) is 4.31. The third-order valence-electron chi connectivity index (χ3n) is 2.39. The Bertz CT molecular complexity index is 469. The number of hydrogen-bond acceptors (Lipinski definition) is 4. The lowest BCUT2D eigenvalue weighted by Crippen LogP contribution is -2.11. The summed E-state index contributed by atoms with van der Waals surface area (Å²) < 4.78 is 10.1. The van der Waals surface area contributed by atoms with Gasteiger partial charge in [-0.2, -0.15) is 0 Å². The molecule has 0 heterocycles. The van der Waals surface area contributed by atoms with Crippen LogP contribution in [0.15, 0.2) is 18.2 Å². The van der Waals surface area contributed by atoms with Crippen LogP contribution in [-0.4, -0.2) is 25.0 Å². The van der Waals surface area contributed by atoms with E-state index in [1.807, 2.05) is 13.8 Å². The number of Topliss-reactive ketones (excluding diaryl/α,β-unsaturated/α-hetero) is 1. The fraction of sp³-hybridized carbons (Fsp3) is 0.429. The van der Waals surface area contributed by atoms with Gasteiger partial charge < -0.3 is 9.47 Å². The minimum atomic E-state index is -0.415. The van der Waals surface area contributed by atoms with Crippen LogP contribution in [0.4, 0.5) is 0 Å². The molecule has 1 aromatic carbocycles. The molecule has 0 amide bonds. The number of benzene rings is 1. The van der Waals surface area contributed by atoms with Crippen molar-refractivity contribution in [2.45, 2.75) is 32.8 Å². The predicted octanol–water partition coefficient (Wildman–Crippen LogP) is 3.26. The van der Waals surface area contributed by atoms with Crippen molar-refractivity contribution in [3.05, 3.63) is 28.8 Å². The van der Waals surface area contributed by atoms with Gasteiger partial charge in [-0.1, -0.05) is 11.6 Å². The quantitative estimate of drug-likeness (QED) is 0.594. The number of rotatable bonds is 6. The van der Waals surface area contributed by atoms with Crippen molar-refractivity contribution >= 4 is 23.4 Å². The summed E-state index contributed by atoms with van der Waals surface area (Å²) >= 11 is 5.89. The highest BCUT2D eigenvalue weighted by Crippen LogP contribution is 2.25. The summed E-state index contributed by atoms with van der Waals surface area (Å²) in [5.41, 5.74) is 0.394. The molecule has 0 spiro atoms. The molecular weight excluding hydrogens is 268 g/mol. The predicted molar refractivity (Wildman–Crippen MR) is 72.8 cm³/mol. The van der Waals surface area contributed by atoms with Crippen molar-refractivity contribution in [2.24, 2.45) is 0 Å². The number of carbonyl (C=O) groups is 2. The molecule has 1 rings (SSSR count). The Morgan fingerprint density at radius 3 is 2.53 bits per heavy atom. The van der Waals surface area contributed by atoms with Gasteiger partial charge in [0.2, 0.25) is 0 Å². The fourth-order valence-corrected chi connectivity index (χ4v) is 1.70. The van der Waals surface area contributed by atoms with Crippen LogP contribution in [-0.2, 0) is 9.53 Å². The maximum atomic E-state index is 12.1. The molecule has 5 heteroatoms. The standard InChI is InChI=1S/C14H17ClO4/c1-9(2)19-13-6-4-10(15)8-11(13)12(16)5-7-14(17)18-3/h4,6,8-9H,5,7H2,1-3H3. The lowest BCUT2D eigenvalue weighted by atomic mass is 10.1. The Balaban J connectivity index is 2.87. The van der Waals surface area contributed by atoms with Crippen LogP contribution in [0, 0.1) is 0 Å². The van der Waals surface area contributed by atoms with Gasteiger partial charge >= 0.3 is 5.97 Å². The van der Waals surface area contributed by atoms with Crippen LogP contribution in [0.3, 0.4) is 0 Å². The molecule has 0 aliphatic rings. The molecule has 0 aromatic heterocycles. The largest absolute Gasteiger partial charge is 0.490 e. The van der Waals surface area contributed by atoms with Gasteiger partial charge in [-0.05, 0) is 32.0 Å². The van der Waals surface area contributed by atoms with Gasteiger partial charge in [-0.15, -0.1) is 0 Å². The number of carbonyl (C=O) groups excluding carboxylic acids is 2. The number of hydrogen-bond donors (Lipinski definition) is 0. The van der Waals surface area contributed by atoms with E-state index in [1.165, 1.54) is 7.11 Å². The molecule has 19 heavy (non-hydrogen) atoms. The Labute approximate surface area is 117 Å². The summed E-state index contributed by atoms with van der Waals surface area (Å²) in [5, 5.41) is 0.456. The fourth-order valence-electron chi connectivity index (χ4n) is 1.53. The zero-order valence-electron chi connectivity index (χ0n) is 11.2. The van der Waals surface area contributed by atoms with Gasteiger partial charge in [0.25, 0.3) is 0 Å². The van der Waals surface area contributed by atoms with Crippen LogP contribution in [0.2, 0.25) is 5.02 Å². The molecule has 0 atom stereocenters. The van der Waals surface area contributed by atoms with E-state index in [0.29, 0.717) is 16.3 Å². The lowest BCUT2D eigenvalue weighted by molar-refractivity contribution is -0.140. The minimum absolute atomic E-state index is 0.0446. The molecule has 4 nitrogen and oxygen atoms in total.